The number of rotatable bonds is 13. The summed E-state index contributed by atoms with van der Waals surface area (Å²) in [5, 5.41) is 19.3. The molecule has 6 nitrogen and oxygen atoms in total. The third-order valence-corrected chi connectivity index (χ3v) is 6.29. The van der Waals surface area contributed by atoms with Crippen molar-refractivity contribution < 1.29 is 29.3 Å². The lowest BCUT2D eigenvalue weighted by molar-refractivity contribution is -0.136. The molecule has 0 bridgehead atoms. The zero-order valence-electron chi connectivity index (χ0n) is 20.0. The van der Waals surface area contributed by atoms with Gasteiger partial charge in [0.1, 0.15) is 17.2 Å². The number of benzene rings is 3. The fourth-order valence-electron chi connectivity index (χ4n) is 3.55. The highest BCUT2D eigenvalue weighted by Crippen LogP contribution is 2.33. The highest BCUT2D eigenvalue weighted by molar-refractivity contribution is 7.99. The lowest BCUT2D eigenvalue weighted by atomic mass is 10.0. The van der Waals surface area contributed by atoms with E-state index in [0.717, 1.165) is 27.5 Å². The van der Waals surface area contributed by atoms with Crippen LogP contribution < -0.4 is 9.47 Å². The molecule has 0 aliphatic rings. The van der Waals surface area contributed by atoms with E-state index in [0.29, 0.717) is 42.9 Å². The van der Waals surface area contributed by atoms with Crippen molar-refractivity contribution in [3.8, 4) is 17.2 Å². The molecule has 0 aromatic heterocycles. The number of carboxylic acid groups (broad SMARTS) is 1. The van der Waals surface area contributed by atoms with Crippen LogP contribution in [0.5, 0.6) is 17.2 Å². The Bertz CT molecular complexity index is 1140. The van der Waals surface area contributed by atoms with Crippen LogP contribution in [-0.4, -0.2) is 35.2 Å². The number of carbonyl (C=O) groups excluding carboxylic acids is 1. The van der Waals surface area contributed by atoms with Crippen molar-refractivity contribution in [2.24, 2.45) is 0 Å². The minimum absolute atomic E-state index is 0.0160. The number of phenolic OH excluding ortho intramolecular Hbond substituents is 1. The summed E-state index contributed by atoms with van der Waals surface area (Å²) in [5.41, 5.74) is 1.77. The quantitative estimate of drug-likeness (QED) is 0.217. The third-order valence-electron chi connectivity index (χ3n) is 5.27. The van der Waals surface area contributed by atoms with Crippen LogP contribution >= 0.6 is 11.8 Å². The Kier molecular flexibility index (Phi) is 9.61. The van der Waals surface area contributed by atoms with Gasteiger partial charge in [-0.05, 0) is 67.4 Å². The van der Waals surface area contributed by atoms with Gasteiger partial charge in [0.2, 0.25) is 0 Å². The number of hydrogen-bond donors (Lipinski definition) is 2. The van der Waals surface area contributed by atoms with E-state index in [4.69, 9.17) is 14.6 Å². The van der Waals surface area contributed by atoms with Crippen molar-refractivity contribution in [3.05, 3.63) is 77.4 Å². The Hall–Kier alpha value is -3.45. The average Bonchev–Trinajstić information content (AvgIpc) is 2.82. The summed E-state index contributed by atoms with van der Waals surface area (Å²) < 4.78 is 11.7. The van der Waals surface area contributed by atoms with Gasteiger partial charge in [0.05, 0.1) is 25.2 Å². The number of phenols is 1. The molecule has 0 amide bonds. The van der Waals surface area contributed by atoms with Crippen LogP contribution in [0.2, 0.25) is 0 Å². The van der Waals surface area contributed by atoms with Crippen molar-refractivity contribution in [1.82, 2.24) is 0 Å². The molecular formula is C28H30O6S. The molecule has 0 spiro atoms. The minimum atomic E-state index is -0.837. The van der Waals surface area contributed by atoms with E-state index in [1.807, 2.05) is 55.5 Å². The van der Waals surface area contributed by atoms with Crippen molar-refractivity contribution in [1.29, 1.82) is 0 Å². The fraction of sp³-hybridized carbons (Fsp3) is 0.286. The topological polar surface area (TPSA) is 93.1 Å². The molecule has 184 valence electrons. The molecule has 35 heavy (non-hydrogen) atoms. The fourth-order valence-corrected chi connectivity index (χ4v) is 4.37. The minimum Gasteiger partial charge on any atom is -0.507 e. The smallest absolute Gasteiger partial charge is 0.307 e. The summed E-state index contributed by atoms with van der Waals surface area (Å²) in [4.78, 5) is 24.6. The van der Waals surface area contributed by atoms with Gasteiger partial charge >= 0.3 is 5.97 Å². The van der Waals surface area contributed by atoms with Crippen molar-refractivity contribution in [2.45, 2.75) is 49.3 Å². The van der Waals surface area contributed by atoms with Crippen molar-refractivity contribution in [2.75, 3.05) is 13.2 Å². The standard InChI is InChI=1S/C28H30O6S/c1-3-5-25-26(15-14-24(19(2)29)28(25)32)34-17-4-16-33-21-8-12-23(13-9-21)35-22-10-6-20(7-11-22)18-27(30)31/h6-15,32H,3-5,16-18H2,1-2H3,(H,30,31). The van der Waals surface area contributed by atoms with Crippen LogP contribution in [-0.2, 0) is 17.6 Å². The number of Topliss-reactive ketones (excluding diaryl/α,β-unsaturated/α-hetero) is 1. The maximum atomic E-state index is 11.7. The highest BCUT2D eigenvalue weighted by Gasteiger charge is 2.15. The van der Waals surface area contributed by atoms with Crippen LogP contribution in [0.1, 0.15) is 48.2 Å². The molecule has 0 saturated heterocycles. The summed E-state index contributed by atoms with van der Waals surface area (Å²) >= 11 is 1.60. The second-order valence-electron chi connectivity index (χ2n) is 8.08. The zero-order chi connectivity index (χ0) is 25.2. The Morgan fingerprint density at radius 1 is 0.886 bits per heavy atom. The molecule has 0 aliphatic carbocycles. The van der Waals surface area contributed by atoms with E-state index in [1.54, 1.807) is 23.9 Å². The second-order valence-corrected chi connectivity index (χ2v) is 9.23. The van der Waals surface area contributed by atoms with Gasteiger partial charge in [-0.15, -0.1) is 0 Å². The highest BCUT2D eigenvalue weighted by atomic mass is 32.2. The summed E-state index contributed by atoms with van der Waals surface area (Å²) in [6.45, 7) is 4.37. The first-order valence-electron chi connectivity index (χ1n) is 11.6. The Morgan fingerprint density at radius 3 is 2.11 bits per heavy atom. The van der Waals surface area contributed by atoms with Crippen LogP contribution in [0.15, 0.2) is 70.5 Å². The summed E-state index contributed by atoms with van der Waals surface area (Å²) in [5.74, 6) is 0.379. The number of ether oxygens (including phenoxy) is 2. The van der Waals surface area contributed by atoms with Crippen LogP contribution in [0, 0.1) is 0 Å². The molecule has 7 heteroatoms. The molecular weight excluding hydrogens is 464 g/mol. The first-order valence-corrected chi connectivity index (χ1v) is 12.4. The normalized spacial score (nSPS) is 10.7. The van der Waals surface area contributed by atoms with E-state index in [2.05, 4.69) is 0 Å². The lowest BCUT2D eigenvalue weighted by Crippen LogP contribution is -2.07. The Labute approximate surface area is 209 Å². The number of ketones is 1. The zero-order valence-corrected chi connectivity index (χ0v) is 20.8. The summed E-state index contributed by atoms with van der Waals surface area (Å²) in [6.07, 6.45) is 2.16. The lowest BCUT2D eigenvalue weighted by Gasteiger charge is -2.15. The van der Waals surface area contributed by atoms with Gasteiger partial charge in [-0.1, -0.05) is 37.2 Å². The van der Waals surface area contributed by atoms with Crippen molar-refractivity contribution >= 4 is 23.5 Å². The summed E-state index contributed by atoms with van der Waals surface area (Å²) in [7, 11) is 0. The maximum Gasteiger partial charge on any atom is 0.307 e. The largest absolute Gasteiger partial charge is 0.507 e. The molecule has 3 rings (SSSR count). The maximum absolute atomic E-state index is 11.7. The Balaban J connectivity index is 1.45. The van der Waals surface area contributed by atoms with Gasteiger partial charge in [-0.25, -0.2) is 0 Å². The van der Waals surface area contributed by atoms with E-state index in [1.165, 1.54) is 6.92 Å². The van der Waals surface area contributed by atoms with Gasteiger partial charge in [-0.2, -0.15) is 0 Å². The van der Waals surface area contributed by atoms with Gasteiger partial charge in [-0.3, -0.25) is 9.59 Å². The molecule has 0 atom stereocenters. The number of hydrogen-bond acceptors (Lipinski definition) is 6. The van der Waals surface area contributed by atoms with Gasteiger partial charge in [0.25, 0.3) is 0 Å². The summed E-state index contributed by atoms with van der Waals surface area (Å²) in [6, 6.07) is 18.7. The first-order chi connectivity index (χ1) is 16.9. The number of aromatic hydroxyl groups is 1. The first kappa shape index (κ1) is 26.2. The number of aliphatic carboxylic acids is 1. The SMILES string of the molecule is CCCc1c(OCCCOc2ccc(Sc3ccc(CC(=O)O)cc3)cc2)ccc(C(C)=O)c1O. The predicted molar refractivity (Wildman–Crippen MR) is 136 cm³/mol. The molecule has 0 saturated carbocycles. The van der Waals surface area contributed by atoms with E-state index in [9.17, 15) is 14.7 Å². The average molecular weight is 495 g/mol. The van der Waals surface area contributed by atoms with E-state index >= 15 is 0 Å². The van der Waals surface area contributed by atoms with Crippen molar-refractivity contribution in [3.63, 3.8) is 0 Å². The third kappa shape index (κ3) is 7.79. The molecule has 0 fully saturated rings. The van der Waals surface area contributed by atoms with E-state index in [-0.39, 0.29) is 18.0 Å². The predicted octanol–water partition coefficient (Wildman–Crippen LogP) is 6.17. The Morgan fingerprint density at radius 2 is 1.51 bits per heavy atom. The van der Waals surface area contributed by atoms with Crippen LogP contribution in [0.25, 0.3) is 0 Å². The monoisotopic (exact) mass is 494 g/mol. The molecule has 2 N–H and O–H groups in total. The molecule has 0 heterocycles. The van der Waals surface area contributed by atoms with Gasteiger partial charge in [0, 0.05) is 21.8 Å². The molecule has 0 radical (unpaired) electrons. The number of carboxylic acids is 1. The van der Waals surface area contributed by atoms with Gasteiger partial charge in [0.15, 0.2) is 5.78 Å². The van der Waals surface area contributed by atoms with Crippen LogP contribution in [0.4, 0.5) is 0 Å². The molecule has 3 aromatic carbocycles. The molecule has 0 unspecified atom stereocenters. The second kappa shape index (κ2) is 12.9. The molecule has 3 aromatic rings. The van der Waals surface area contributed by atoms with E-state index < -0.39 is 5.97 Å². The van der Waals surface area contributed by atoms with Gasteiger partial charge < -0.3 is 19.7 Å². The van der Waals surface area contributed by atoms with Crippen LogP contribution in [0.3, 0.4) is 0 Å². The molecule has 0 aliphatic heterocycles. The number of carbonyl (C=O) groups is 2.